The van der Waals surface area contributed by atoms with Gasteiger partial charge in [0.25, 0.3) is 0 Å². The predicted molar refractivity (Wildman–Crippen MR) is 96.3 cm³/mol. The lowest BCUT2D eigenvalue weighted by Crippen LogP contribution is -1.90. The summed E-state index contributed by atoms with van der Waals surface area (Å²) in [5, 5.41) is 0. The van der Waals surface area contributed by atoms with E-state index in [1.54, 1.807) is 12.5 Å². The van der Waals surface area contributed by atoms with Gasteiger partial charge in [-0.15, -0.1) is 11.3 Å². The lowest BCUT2D eigenvalue weighted by Gasteiger charge is -1.97. The fraction of sp³-hybridized carbons (Fsp3) is 0.133. The molecule has 1 N–H and O–H groups in total. The van der Waals surface area contributed by atoms with Gasteiger partial charge < -0.3 is 4.98 Å². The van der Waals surface area contributed by atoms with Gasteiger partial charge in [-0.25, -0.2) is 15.0 Å². The van der Waals surface area contributed by atoms with Crippen LogP contribution in [0.25, 0.3) is 21.4 Å². The average Bonchev–Trinajstić information content (AvgIpc) is 3.09. The first-order valence-corrected chi connectivity index (χ1v) is 9.98. The van der Waals surface area contributed by atoms with Crippen molar-refractivity contribution in [1.82, 2.24) is 19.9 Å². The first-order chi connectivity index (χ1) is 11.1. The Bertz CT molecular complexity index is 1060. The molecule has 0 fully saturated rings. The van der Waals surface area contributed by atoms with Crippen LogP contribution in [0.1, 0.15) is 11.4 Å². The second kappa shape index (κ2) is 5.77. The molecule has 0 saturated carbocycles. The van der Waals surface area contributed by atoms with Crippen molar-refractivity contribution in [3.05, 3.63) is 46.3 Å². The van der Waals surface area contributed by atoms with Crippen LogP contribution in [-0.2, 0) is 17.2 Å². The number of aromatic nitrogens is 4. The third-order valence-corrected chi connectivity index (χ3v) is 6.19. The Balaban J connectivity index is 1.69. The van der Waals surface area contributed by atoms with E-state index in [-0.39, 0.29) is 0 Å². The maximum atomic E-state index is 11.6. The lowest BCUT2D eigenvalue weighted by atomic mass is 10.1. The van der Waals surface area contributed by atoms with Gasteiger partial charge in [0.1, 0.15) is 5.82 Å². The highest BCUT2D eigenvalue weighted by molar-refractivity contribution is 9.10. The van der Waals surface area contributed by atoms with Gasteiger partial charge in [0.05, 0.1) is 26.5 Å². The standard InChI is InChI=1S/C15H11BrN4OS2/c1-23(21)15-19-10-3-2-8(4-12(10)22-15)5-13-18-11-6-9(16)7-17-14(11)20-13/h2-4,6-7H,5H2,1H3,(H,17,18,20). The molecule has 1 unspecified atom stereocenters. The van der Waals surface area contributed by atoms with Gasteiger partial charge in [-0.3, -0.25) is 4.21 Å². The van der Waals surface area contributed by atoms with Crippen molar-refractivity contribution in [3.63, 3.8) is 0 Å². The van der Waals surface area contributed by atoms with Gasteiger partial charge in [0.2, 0.25) is 0 Å². The molecular weight excluding hydrogens is 396 g/mol. The zero-order valence-corrected chi connectivity index (χ0v) is 15.3. The number of thiazole rings is 1. The van der Waals surface area contributed by atoms with Gasteiger partial charge in [-0.1, -0.05) is 6.07 Å². The van der Waals surface area contributed by atoms with E-state index in [0.29, 0.717) is 16.4 Å². The highest BCUT2D eigenvalue weighted by Crippen LogP contribution is 2.26. The molecule has 4 rings (SSSR count). The third kappa shape index (κ3) is 2.93. The van der Waals surface area contributed by atoms with Gasteiger partial charge in [-0.2, -0.15) is 0 Å². The molecular formula is C15H11BrN4OS2. The molecule has 0 spiro atoms. The van der Waals surface area contributed by atoms with Crippen LogP contribution >= 0.6 is 27.3 Å². The second-order valence-corrected chi connectivity index (χ2v) is 8.62. The summed E-state index contributed by atoms with van der Waals surface area (Å²) in [5.74, 6) is 0.869. The number of H-pyrrole nitrogens is 1. The Morgan fingerprint density at radius 3 is 3.00 bits per heavy atom. The molecule has 0 amide bonds. The van der Waals surface area contributed by atoms with Crippen LogP contribution < -0.4 is 0 Å². The number of rotatable bonds is 3. The van der Waals surface area contributed by atoms with E-state index in [1.807, 2.05) is 18.2 Å². The average molecular weight is 407 g/mol. The Hall–Kier alpha value is -1.64. The molecule has 8 heteroatoms. The largest absolute Gasteiger partial charge is 0.340 e. The number of nitrogens with one attached hydrogen (secondary N) is 1. The van der Waals surface area contributed by atoms with E-state index in [0.717, 1.165) is 31.6 Å². The monoisotopic (exact) mass is 406 g/mol. The molecule has 116 valence electrons. The highest BCUT2D eigenvalue weighted by atomic mass is 79.9. The third-order valence-electron chi connectivity index (χ3n) is 3.40. The molecule has 0 aliphatic carbocycles. The number of pyridine rings is 1. The molecule has 0 radical (unpaired) electrons. The van der Waals surface area contributed by atoms with Crippen LogP contribution in [0.15, 0.2) is 39.3 Å². The fourth-order valence-corrected chi connectivity index (χ4v) is 4.44. The molecule has 0 saturated heterocycles. The Morgan fingerprint density at radius 1 is 1.30 bits per heavy atom. The summed E-state index contributed by atoms with van der Waals surface area (Å²) < 4.78 is 14.2. The lowest BCUT2D eigenvalue weighted by molar-refractivity contribution is 0.686. The number of aromatic amines is 1. The van der Waals surface area contributed by atoms with Gasteiger partial charge in [0, 0.05) is 23.3 Å². The SMILES string of the molecule is CS(=O)c1nc2ccc(Cc3nc4ncc(Br)cc4[nH]3)cc2s1. The summed E-state index contributed by atoms with van der Waals surface area (Å²) in [5.41, 5.74) is 3.65. The van der Waals surface area contributed by atoms with Crippen LogP contribution in [0.3, 0.4) is 0 Å². The van der Waals surface area contributed by atoms with Gasteiger partial charge in [0.15, 0.2) is 9.99 Å². The summed E-state index contributed by atoms with van der Waals surface area (Å²) in [7, 11) is -1.04. The zero-order valence-electron chi connectivity index (χ0n) is 12.0. The molecule has 0 bridgehead atoms. The molecule has 1 aromatic carbocycles. The fourth-order valence-electron chi connectivity index (χ4n) is 2.38. The number of hydrogen-bond donors (Lipinski definition) is 1. The Kier molecular flexibility index (Phi) is 3.74. The maximum Gasteiger partial charge on any atom is 0.181 e. The molecule has 3 heterocycles. The Morgan fingerprint density at radius 2 is 2.17 bits per heavy atom. The first-order valence-electron chi connectivity index (χ1n) is 6.81. The second-order valence-electron chi connectivity index (χ2n) is 5.12. The van der Waals surface area contributed by atoms with E-state index in [4.69, 9.17) is 0 Å². The molecule has 5 nitrogen and oxygen atoms in total. The maximum absolute atomic E-state index is 11.6. The van der Waals surface area contributed by atoms with Crippen LogP contribution in [0.5, 0.6) is 0 Å². The van der Waals surface area contributed by atoms with Crippen molar-refractivity contribution in [2.24, 2.45) is 0 Å². The first kappa shape index (κ1) is 14.9. The summed E-state index contributed by atoms with van der Waals surface area (Å²) in [6.07, 6.45) is 4.08. The predicted octanol–water partition coefficient (Wildman–Crippen LogP) is 3.66. The zero-order chi connectivity index (χ0) is 16.0. The number of fused-ring (bicyclic) bond motifs is 2. The summed E-state index contributed by atoms with van der Waals surface area (Å²) >= 11 is 4.89. The molecule has 3 aromatic heterocycles. The number of nitrogens with zero attached hydrogens (tertiary/aromatic N) is 3. The van der Waals surface area contributed by atoms with Gasteiger partial charge >= 0.3 is 0 Å². The number of hydrogen-bond acceptors (Lipinski definition) is 5. The molecule has 23 heavy (non-hydrogen) atoms. The summed E-state index contributed by atoms with van der Waals surface area (Å²) in [4.78, 5) is 16.5. The van der Waals surface area contributed by atoms with E-state index >= 15 is 0 Å². The highest BCUT2D eigenvalue weighted by Gasteiger charge is 2.09. The van der Waals surface area contributed by atoms with Crippen molar-refractivity contribution < 1.29 is 4.21 Å². The van der Waals surface area contributed by atoms with Crippen LogP contribution in [0.4, 0.5) is 0 Å². The van der Waals surface area contributed by atoms with E-state index in [2.05, 4.69) is 41.9 Å². The summed E-state index contributed by atoms with van der Waals surface area (Å²) in [6.45, 7) is 0. The normalized spacial score (nSPS) is 13.0. The number of imidazole rings is 1. The van der Waals surface area contributed by atoms with Crippen LogP contribution in [-0.4, -0.2) is 30.4 Å². The number of halogens is 1. The molecule has 4 aromatic rings. The summed E-state index contributed by atoms with van der Waals surface area (Å²) in [6, 6.07) is 8.05. The van der Waals surface area contributed by atoms with Crippen molar-refractivity contribution >= 4 is 59.4 Å². The van der Waals surface area contributed by atoms with Crippen molar-refractivity contribution in [2.45, 2.75) is 10.8 Å². The van der Waals surface area contributed by atoms with Crippen LogP contribution in [0, 0.1) is 0 Å². The van der Waals surface area contributed by atoms with Crippen molar-refractivity contribution in [2.75, 3.05) is 6.26 Å². The molecule has 1 atom stereocenters. The van der Waals surface area contributed by atoms with E-state index in [1.165, 1.54) is 11.3 Å². The topological polar surface area (TPSA) is 71.5 Å². The minimum absolute atomic E-state index is 0.662. The van der Waals surface area contributed by atoms with E-state index in [9.17, 15) is 4.21 Å². The molecule has 0 aliphatic rings. The Labute approximate surface area is 146 Å². The molecule has 0 aliphatic heterocycles. The van der Waals surface area contributed by atoms with E-state index < -0.39 is 10.8 Å². The minimum atomic E-state index is -1.04. The van der Waals surface area contributed by atoms with Crippen molar-refractivity contribution in [3.8, 4) is 0 Å². The van der Waals surface area contributed by atoms with Gasteiger partial charge in [-0.05, 0) is 39.7 Å². The number of benzene rings is 1. The van der Waals surface area contributed by atoms with Crippen LogP contribution in [0.2, 0.25) is 0 Å². The minimum Gasteiger partial charge on any atom is -0.340 e. The quantitative estimate of drug-likeness (QED) is 0.563. The van der Waals surface area contributed by atoms with Crippen molar-refractivity contribution in [1.29, 1.82) is 0 Å². The smallest absolute Gasteiger partial charge is 0.181 e.